The number of halogens is 2. The highest BCUT2D eigenvalue weighted by Gasteiger charge is 2.11. The van der Waals surface area contributed by atoms with Gasteiger partial charge < -0.3 is 5.32 Å². The second-order valence-corrected chi connectivity index (χ2v) is 5.28. The summed E-state index contributed by atoms with van der Waals surface area (Å²) in [4.78, 5) is 11.9. The Bertz CT molecular complexity index is 355. The second-order valence-electron chi connectivity index (χ2n) is 3.57. The Morgan fingerprint density at radius 3 is 2.81 bits per heavy atom. The minimum absolute atomic E-state index is 0.00546. The quantitative estimate of drug-likeness (QED) is 0.807. The fourth-order valence-electron chi connectivity index (χ4n) is 1.41. The Kier molecular flexibility index (Phi) is 6.06. The molecule has 1 unspecified atom stereocenters. The van der Waals surface area contributed by atoms with E-state index in [2.05, 4.69) is 44.1 Å². The van der Waals surface area contributed by atoms with Crippen molar-refractivity contribution in [1.82, 2.24) is 5.32 Å². The molecule has 0 fully saturated rings. The van der Waals surface area contributed by atoms with E-state index in [-0.39, 0.29) is 11.9 Å². The van der Waals surface area contributed by atoms with Crippen molar-refractivity contribution in [2.75, 3.05) is 5.33 Å². The molecule has 16 heavy (non-hydrogen) atoms. The highest BCUT2D eigenvalue weighted by molar-refractivity contribution is 9.10. The Balaban J connectivity index is 2.64. The molecule has 0 bridgehead atoms. The van der Waals surface area contributed by atoms with Crippen molar-refractivity contribution in [3.8, 4) is 0 Å². The van der Waals surface area contributed by atoms with Crippen molar-refractivity contribution in [1.29, 1.82) is 0 Å². The highest BCUT2D eigenvalue weighted by atomic mass is 79.9. The third-order valence-electron chi connectivity index (χ3n) is 2.37. The molecule has 0 radical (unpaired) electrons. The van der Waals surface area contributed by atoms with Crippen molar-refractivity contribution < 1.29 is 4.79 Å². The number of amides is 1. The number of rotatable bonds is 5. The lowest BCUT2D eigenvalue weighted by atomic mass is 10.1. The van der Waals surface area contributed by atoms with Gasteiger partial charge in [-0.15, -0.1) is 0 Å². The lowest BCUT2D eigenvalue weighted by Gasteiger charge is -2.15. The van der Waals surface area contributed by atoms with Gasteiger partial charge in [-0.2, -0.15) is 0 Å². The van der Waals surface area contributed by atoms with Gasteiger partial charge in [0.1, 0.15) is 0 Å². The summed E-state index contributed by atoms with van der Waals surface area (Å²) in [6.07, 6.45) is 1.90. The Morgan fingerprint density at radius 1 is 1.50 bits per heavy atom. The first kappa shape index (κ1) is 13.7. The third kappa shape index (κ3) is 4.26. The van der Waals surface area contributed by atoms with Crippen LogP contribution >= 0.6 is 31.9 Å². The standard InChI is InChI=1S/C12H15Br2NO/c1-2-11(6-7-13)15-12(16)9-4-3-5-10(14)8-9/h3-5,8,11H,2,6-7H2,1H3,(H,15,16). The lowest BCUT2D eigenvalue weighted by molar-refractivity contribution is 0.0935. The van der Waals surface area contributed by atoms with Gasteiger partial charge in [-0.25, -0.2) is 0 Å². The summed E-state index contributed by atoms with van der Waals surface area (Å²) in [7, 11) is 0. The molecular formula is C12H15Br2NO. The van der Waals surface area contributed by atoms with Gasteiger partial charge in [0, 0.05) is 21.4 Å². The number of benzene rings is 1. The van der Waals surface area contributed by atoms with Gasteiger partial charge in [0.2, 0.25) is 0 Å². The van der Waals surface area contributed by atoms with Crippen LogP contribution < -0.4 is 5.32 Å². The average molecular weight is 349 g/mol. The number of carbonyl (C=O) groups is 1. The summed E-state index contributed by atoms with van der Waals surface area (Å²) in [6, 6.07) is 7.67. The largest absolute Gasteiger partial charge is 0.349 e. The molecule has 1 atom stereocenters. The van der Waals surface area contributed by atoms with Crippen LogP contribution in [0.5, 0.6) is 0 Å². The van der Waals surface area contributed by atoms with E-state index >= 15 is 0 Å². The first-order valence-electron chi connectivity index (χ1n) is 5.29. The van der Waals surface area contributed by atoms with Crippen LogP contribution in [-0.2, 0) is 0 Å². The normalized spacial score (nSPS) is 12.2. The summed E-state index contributed by atoms with van der Waals surface area (Å²) in [5.74, 6) is -0.00546. The van der Waals surface area contributed by atoms with E-state index in [1.54, 1.807) is 0 Å². The first-order chi connectivity index (χ1) is 7.67. The van der Waals surface area contributed by atoms with E-state index in [0.29, 0.717) is 5.56 Å². The molecule has 0 aliphatic carbocycles. The van der Waals surface area contributed by atoms with Gasteiger partial charge in [0.25, 0.3) is 5.91 Å². The minimum atomic E-state index is -0.00546. The molecule has 1 N–H and O–H groups in total. The average Bonchev–Trinajstić information content (AvgIpc) is 2.28. The Labute approximate surface area is 113 Å². The van der Waals surface area contributed by atoms with Crippen molar-refractivity contribution in [3.63, 3.8) is 0 Å². The van der Waals surface area contributed by atoms with Crippen LogP contribution in [0.25, 0.3) is 0 Å². The van der Waals surface area contributed by atoms with Crippen LogP contribution in [0.1, 0.15) is 30.1 Å². The first-order valence-corrected chi connectivity index (χ1v) is 7.21. The van der Waals surface area contributed by atoms with Gasteiger partial charge in [-0.3, -0.25) is 4.79 Å². The summed E-state index contributed by atoms with van der Waals surface area (Å²) >= 11 is 6.75. The molecule has 0 saturated heterocycles. The van der Waals surface area contributed by atoms with E-state index in [1.165, 1.54) is 0 Å². The number of carbonyl (C=O) groups excluding carboxylic acids is 1. The van der Waals surface area contributed by atoms with Crippen LogP contribution in [0.4, 0.5) is 0 Å². The Morgan fingerprint density at radius 2 is 2.25 bits per heavy atom. The fourth-order valence-corrected chi connectivity index (χ4v) is 2.36. The summed E-state index contributed by atoms with van der Waals surface area (Å²) in [5, 5.41) is 3.93. The third-order valence-corrected chi connectivity index (χ3v) is 3.32. The number of hydrogen-bond donors (Lipinski definition) is 1. The molecule has 0 spiro atoms. The maximum Gasteiger partial charge on any atom is 0.251 e. The number of alkyl halides is 1. The molecule has 0 saturated carbocycles. The smallest absolute Gasteiger partial charge is 0.251 e. The van der Waals surface area contributed by atoms with Crippen LogP contribution in [0.15, 0.2) is 28.7 Å². The van der Waals surface area contributed by atoms with E-state index < -0.39 is 0 Å². The lowest BCUT2D eigenvalue weighted by Crippen LogP contribution is -2.34. The van der Waals surface area contributed by atoms with Crippen LogP contribution in [0.2, 0.25) is 0 Å². The predicted octanol–water partition coefficient (Wildman–Crippen LogP) is 3.74. The van der Waals surface area contributed by atoms with Gasteiger partial charge in [0.05, 0.1) is 0 Å². The zero-order valence-corrected chi connectivity index (χ0v) is 12.3. The van der Waals surface area contributed by atoms with Crippen LogP contribution in [0.3, 0.4) is 0 Å². The van der Waals surface area contributed by atoms with E-state index in [9.17, 15) is 4.79 Å². The molecule has 1 rings (SSSR count). The number of nitrogens with one attached hydrogen (secondary N) is 1. The summed E-state index contributed by atoms with van der Waals surface area (Å²) in [5.41, 5.74) is 0.697. The molecule has 0 heterocycles. The fraction of sp³-hybridized carbons (Fsp3) is 0.417. The molecule has 4 heteroatoms. The topological polar surface area (TPSA) is 29.1 Å². The molecule has 1 aromatic carbocycles. The summed E-state index contributed by atoms with van der Waals surface area (Å²) < 4.78 is 0.925. The molecule has 0 aliphatic heterocycles. The van der Waals surface area contributed by atoms with Crippen molar-refractivity contribution in [3.05, 3.63) is 34.3 Å². The number of hydrogen-bond acceptors (Lipinski definition) is 1. The van der Waals surface area contributed by atoms with E-state index in [4.69, 9.17) is 0 Å². The molecular weight excluding hydrogens is 334 g/mol. The summed E-state index contributed by atoms with van der Waals surface area (Å²) in [6.45, 7) is 2.08. The van der Waals surface area contributed by atoms with E-state index in [1.807, 2.05) is 24.3 Å². The molecule has 1 amide bonds. The highest BCUT2D eigenvalue weighted by Crippen LogP contribution is 2.12. The Hall–Kier alpha value is -0.350. The molecule has 0 aromatic heterocycles. The maximum absolute atomic E-state index is 11.9. The van der Waals surface area contributed by atoms with Crippen LogP contribution in [-0.4, -0.2) is 17.3 Å². The van der Waals surface area contributed by atoms with Crippen molar-refractivity contribution in [2.24, 2.45) is 0 Å². The second kappa shape index (κ2) is 7.07. The maximum atomic E-state index is 11.9. The predicted molar refractivity (Wildman–Crippen MR) is 74.1 cm³/mol. The molecule has 0 aliphatic rings. The zero-order chi connectivity index (χ0) is 12.0. The minimum Gasteiger partial charge on any atom is -0.349 e. The molecule has 2 nitrogen and oxygen atoms in total. The van der Waals surface area contributed by atoms with Crippen molar-refractivity contribution in [2.45, 2.75) is 25.8 Å². The van der Waals surface area contributed by atoms with Gasteiger partial charge >= 0.3 is 0 Å². The van der Waals surface area contributed by atoms with Gasteiger partial charge in [-0.05, 0) is 31.0 Å². The SMILES string of the molecule is CCC(CCBr)NC(=O)c1cccc(Br)c1. The van der Waals surface area contributed by atoms with Gasteiger partial charge in [-0.1, -0.05) is 44.8 Å². The van der Waals surface area contributed by atoms with E-state index in [0.717, 1.165) is 22.6 Å². The van der Waals surface area contributed by atoms with Gasteiger partial charge in [0.15, 0.2) is 0 Å². The molecule has 88 valence electrons. The zero-order valence-electron chi connectivity index (χ0n) is 9.17. The van der Waals surface area contributed by atoms with Crippen LogP contribution in [0, 0.1) is 0 Å². The molecule has 1 aromatic rings. The van der Waals surface area contributed by atoms with Crippen molar-refractivity contribution >= 4 is 37.8 Å². The monoisotopic (exact) mass is 347 g/mol.